The summed E-state index contributed by atoms with van der Waals surface area (Å²) >= 11 is 9.30. The van der Waals surface area contributed by atoms with E-state index in [-0.39, 0.29) is 0 Å². The number of hydrogen-bond acceptors (Lipinski definition) is 3. The van der Waals surface area contributed by atoms with Crippen LogP contribution in [0.25, 0.3) is 0 Å². The maximum absolute atomic E-state index is 10.1. The topological polar surface area (TPSA) is 41.5 Å². The minimum absolute atomic E-state index is 0.646. The number of allylic oxidation sites excluding steroid dienone is 2. The lowest BCUT2D eigenvalue weighted by Gasteiger charge is -2.29. The first kappa shape index (κ1) is 15.3. The molecule has 2 rings (SSSR count). The standard InChI is InChI=1S/C15H15BrClNO2/c1-20-15(16)12(3-2-10-18-15)6-9-14(19)11-4-7-13(17)8-5-11/h2-10,14,18-19H,1H3/b9-6+. The first-order valence-corrected chi connectivity index (χ1v) is 7.23. The van der Waals surface area contributed by atoms with Crippen LogP contribution >= 0.6 is 27.5 Å². The van der Waals surface area contributed by atoms with Gasteiger partial charge >= 0.3 is 0 Å². The van der Waals surface area contributed by atoms with E-state index >= 15 is 0 Å². The highest BCUT2D eigenvalue weighted by Crippen LogP contribution is 2.29. The predicted molar refractivity (Wildman–Crippen MR) is 84.6 cm³/mol. The van der Waals surface area contributed by atoms with Crippen molar-refractivity contribution in [2.45, 2.75) is 10.7 Å². The van der Waals surface area contributed by atoms with Crippen molar-refractivity contribution in [2.24, 2.45) is 0 Å². The molecule has 0 fully saturated rings. The van der Waals surface area contributed by atoms with Crippen LogP contribution in [0.3, 0.4) is 0 Å². The average Bonchev–Trinajstić information content (AvgIpc) is 2.47. The van der Waals surface area contributed by atoms with Crippen molar-refractivity contribution in [2.75, 3.05) is 7.11 Å². The Balaban J connectivity index is 2.14. The second-order valence-electron chi connectivity index (χ2n) is 4.28. The van der Waals surface area contributed by atoms with Crippen molar-refractivity contribution < 1.29 is 9.84 Å². The number of aliphatic hydroxyl groups excluding tert-OH is 1. The zero-order chi connectivity index (χ0) is 14.6. The molecule has 2 unspecified atom stereocenters. The quantitative estimate of drug-likeness (QED) is 0.639. The van der Waals surface area contributed by atoms with Gasteiger partial charge in [-0.05, 0) is 45.9 Å². The van der Waals surface area contributed by atoms with Crippen LogP contribution in [0.5, 0.6) is 0 Å². The highest BCUT2D eigenvalue weighted by atomic mass is 79.9. The first-order chi connectivity index (χ1) is 9.55. The maximum Gasteiger partial charge on any atom is 0.222 e. The van der Waals surface area contributed by atoms with E-state index in [0.717, 1.165) is 11.1 Å². The third kappa shape index (κ3) is 3.52. The normalized spacial score (nSPS) is 23.5. The molecule has 0 aliphatic carbocycles. The Morgan fingerprint density at radius 1 is 1.40 bits per heavy atom. The van der Waals surface area contributed by atoms with Crippen molar-refractivity contribution in [3.63, 3.8) is 0 Å². The van der Waals surface area contributed by atoms with Gasteiger partial charge in [0, 0.05) is 17.7 Å². The van der Waals surface area contributed by atoms with E-state index in [1.165, 1.54) is 0 Å². The van der Waals surface area contributed by atoms with Crippen molar-refractivity contribution >= 4 is 27.5 Å². The number of aliphatic hydroxyl groups is 1. The molecule has 1 aliphatic heterocycles. The van der Waals surface area contributed by atoms with Crippen LogP contribution in [0.1, 0.15) is 11.7 Å². The van der Waals surface area contributed by atoms with Gasteiger partial charge in [-0.15, -0.1) is 0 Å². The van der Waals surface area contributed by atoms with Crippen molar-refractivity contribution in [3.8, 4) is 0 Å². The fraction of sp³-hybridized carbons (Fsp3) is 0.200. The number of alkyl halides is 1. The van der Waals surface area contributed by atoms with E-state index in [2.05, 4.69) is 21.2 Å². The average molecular weight is 357 g/mol. The Morgan fingerprint density at radius 3 is 2.75 bits per heavy atom. The zero-order valence-corrected chi connectivity index (χ0v) is 13.2. The molecule has 0 spiro atoms. The Labute approximate surface area is 131 Å². The minimum Gasteiger partial charge on any atom is -0.384 e. The zero-order valence-electron chi connectivity index (χ0n) is 10.9. The van der Waals surface area contributed by atoms with Crippen LogP contribution in [-0.2, 0) is 4.74 Å². The van der Waals surface area contributed by atoms with Gasteiger partial charge in [0.15, 0.2) is 0 Å². The molecule has 5 heteroatoms. The fourth-order valence-electron chi connectivity index (χ4n) is 1.80. The number of nitrogens with one attached hydrogen (secondary N) is 1. The Bertz CT molecular complexity index is 553. The van der Waals surface area contributed by atoms with Gasteiger partial charge in [0.1, 0.15) is 0 Å². The smallest absolute Gasteiger partial charge is 0.222 e. The monoisotopic (exact) mass is 355 g/mol. The lowest BCUT2D eigenvalue weighted by atomic mass is 10.1. The largest absolute Gasteiger partial charge is 0.384 e. The number of methoxy groups -OCH3 is 1. The molecule has 3 nitrogen and oxygen atoms in total. The molecular weight excluding hydrogens is 342 g/mol. The van der Waals surface area contributed by atoms with Crippen LogP contribution in [0, 0.1) is 0 Å². The lowest BCUT2D eigenvalue weighted by Crippen LogP contribution is -2.40. The summed E-state index contributed by atoms with van der Waals surface area (Å²) in [6.07, 6.45) is 8.37. The van der Waals surface area contributed by atoms with E-state index < -0.39 is 10.7 Å². The predicted octanol–water partition coefficient (Wildman–Crippen LogP) is 3.67. The third-order valence-electron chi connectivity index (χ3n) is 2.96. The van der Waals surface area contributed by atoms with Gasteiger partial charge in [-0.2, -0.15) is 0 Å². The Morgan fingerprint density at radius 2 is 2.10 bits per heavy atom. The lowest BCUT2D eigenvalue weighted by molar-refractivity contribution is 0.0922. The molecule has 2 atom stereocenters. The number of benzene rings is 1. The van der Waals surface area contributed by atoms with E-state index in [1.807, 2.05) is 18.2 Å². The van der Waals surface area contributed by atoms with Crippen LogP contribution in [0.15, 0.2) is 60.3 Å². The highest BCUT2D eigenvalue weighted by Gasteiger charge is 2.29. The van der Waals surface area contributed by atoms with Crippen LogP contribution in [0.2, 0.25) is 5.02 Å². The number of ether oxygens (including phenoxy) is 1. The number of dihydropyridines is 1. The van der Waals surface area contributed by atoms with E-state index in [4.69, 9.17) is 16.3 Å². The molecule has 0 aromatic heterocycles. The van der Waals surface area contributed by atoms with Gasteiger partial charge in [-0.3, -0.25) is 0 Å². The van der Waals surface area contributed by atoms with E-state index in [9.17, 15) is 5.11 Å². The van der Waals surface area contributed by atoms with Crippen molar-refractivity contribution in [1.82, 2.24) is 5.32 Å². The SMILES string of the molecule is COC1(Br)NC=CC=C1/C=C/C(O)c1ccc(Cl)cc1. The molecule has 20 heavy (non-hydrogen) atoms. The second kappa shape index (κ2) is 6.59. The van der Waals surface area contributed by atoms with E-state index in [0.29, 0.717) is 5.02 Å². The third-order valence-corrected chi connectivity index (χ3v) is 4.23. The molecule has 1 aromatic carbocycles. The highest BCUT2D eigenvalue weighted by molar-refractivity contribution is 9.10. The molecule has 1 aliphatic rings. The Kier molecular flexibility index (Phi) is 5.05. The molecule has 0 saturated heterocycles. The minimum atomic E-state index is -0.766. The van der Waals surface area contributed by atoms with Gasteiger partial charge in [-0.1, -0.05) is 42.0 Å². The van der Waals surface area contributed by atoms with Gasteiger partial charge in [-0.25, -0.2) is 0 Å². The molecule has 2 N–H and O–H groups in total. The Hall–Kier alpha value is -1.07. The summed E-state index contributed by atoms with van der Waals surface area (Å²) in [4.78, 5) is 0. The molecule has 1 aromatic rings. The summed E-state index contributed by atoms with van der Waals surface area (Å²) in [5.74, 6) is 0. The van der Waals surface area contributed by atoms with Crippen LogP contribution < -0.4 is 5.32 Å². The molecule has 106 valence electrons. The van der Waals surface area contributed by atoms with Gasteiger partial charge in [0.05, 0.1) is 6.10 Å². The van der Waals surface area contributed by atoms with Crippen LogP contribution in [-0.4, -0.2) is 16.9 Å². The molecule has 0 radical (unpaired) electrons. The number of rotatable bonds is 4. The van der Waals surface area contributed by atoms with Crippen molar-refractivity contribution in [3.05, 3.63) is 70.9 Å². The summed E-state index contributed by atoms with van der Waals surface area (Å²) in [6, 6.07) is 7.09. The molecule has 0 saturated carbocycles. The van der Waals surface area contributed by atoms with Gasteiger partial charge in [0.2, 0.25) is 4.63 Å². The van der Waals surface area contributed by atoms with Crippen molar-refractivity contribution in [1.29, 1.82) is 0 Å². The summed E-state index contributed by atoms with van der Waals surface area (Å²) in [5.41, 5.74) is 1.64. The van der Waals surface area contributed by atoms with Gasteiger partial charge in [0.25, 0.3) is 0 Å². The first-order valence-electron chi connectivity index (χ1n) is 6.06. The van der Waals surface area contributed by atoms with Crippen LogP contribution in [0.4, 0.5) is 0 Å². The van der Waals surface area contributed by atoms with Gasteiger partial charge < -0.3 is 15.2 Å². The fourth-order valence-corrected chi connectivity index (χ4v) is 2.33. The summed E-state index contributed by atoms with van der Waals surface area (Å²) in [6.45, 7) is 0. The molecule has 0 amide bonds. The molecule has 1 heterocycles. The van der Waals surface area contributed by atoms with E-state index in [1.54, 1.807) is 43.7 Å². The second-order valence-corrected chi connectivity index (χ2v) is 5.83. The summed E-state index contributed by atoms with van der Waals surface area (Å²) < 4.78 is 4.61. The maximum atomic E-state index is 10.1. The number of halogens is 2. The summed E-state index contributed by atoms with van der Waals surface area (Å²) in [5, 5.41) is 13.8. The summed E-state index contributed by atoms with van der Waals surface area (Å²) in [7, 11) is 1.60. The molecular formula is C15H15BrClNO2. The molecule has 0 bridgehead atoms. The number of hydrogen-bond donors (Lipinski definition) is 2.